The third-order valence-electron chi connectivity index (χ3n) is 5.90. The van der Waals surface area contributed by atoms with E-state index in [1.807, 2.05) is 0 Å². The Morgan fingerprint density at radius 2 is 0.841 bits per heavy atom. The van der Waals surface area contributed by atoms with Gasteiger partial charge in [-0.2, -0.15) is 0 Å². The predicted molar refractivity (Wildman–Crippen MR) is 142 cm³/mol. The number of carbonyl (C=O) groups excluding carboxylic acids is 7. The second-order valence-corrected chi connectivity index (χ2v) is 10.2. The Hall–Kier alpha value is -3.48. The number of thiol groups is 1. The Kier molecular flexibility index (Phi) is 13.8. The van der Waals surface area contributed by atoms with Crippen molar-refractivity contribution in [3.05, 3.63) is 0 Å². The number of hydrogen-bond donors (Lipinski definition) is 1. The van der Waals surface area contributed by atoms with E-state index in [1.165, 1.54) is 0 Å². The molecule has 0 aromatic carbocycles. The van der Waals surface area contributed by atoms with Crippen molar-refractivity contribution < 1.29 is 80.9 Å². The fourth-order valence-corrected chi connectivity index (χ4v) is 4.88. The molecule has 10 atom stereocenters. The van der Waals surface area contributed by atoms with Crippen LogP contribution < -0.4 is 0 Å². The Morgan fingerprint density at radius 3 is 1.27 bits per heavy atom. The van der Waals surface area contributed by atoms with Gasteiger partial charge in [0.15, 0.2) is 36.8 Å². The summed E-state index contributed by atoms with van der Waals surface area (Å²) in [4.78, 5) is 83.7. The lowest BCUT2D eigenvalue weighted by molar-refractivity contribution is -0.341. The highest BCUT2D eigenvalue weighted by atomic mass is 32.1. The SMILES string of the molecule is CC(=O)OC[C@H]1O[C@@H](S)[C@H](OC(C)=O)[C@@H](OC(C)=O)[C@@H]1O[C@@H]1O[C@H](COC(C)=O)[C@@H](OC(C)=O)[C@H](OC(C)=O)[C@H]1OC(C)=O. The lowest BCUT2D eigenvalue weighted by Crippen LogP contribution is -2.66. The lowest BCUT2D eigenvalue weighted by atomic mass is 9.96. The van der Waals surface area contributed by atoms with Gasteiger partial charge >= 0.3 is 41.8 Å². The van der Waals surface area contributed by atoms with Crippen molar-refractivity contribution in [2.45, 2.75) is 109 Å². The first-order valence-electron chi connectivity index (χ1n) is 13.3. The first-order chi connectivity index (χ1) is 20.5. The van der Waals surface area contributed by atoms with E-state index >= 15 is 0 Å². The van der Waals surface area contributed by atoms with E-state index in [-0.39, 0.29) is 0 Å². The second-order valence-electron chi connectivity index (χ2n) is 9.68. The summed E-state index contributed by atoms with van der Waals surface area (Å²) in [6.07, 6.45) is -13.4. The van der Waals surface area contributed by atoms with Gasteiger partial charge in [-0.05, 0) is 0 Å². The standard InChI is InChI=1S/C26H36O17S/c1-10(27)34-8-17-19(36-12(3)29)21(37-13(4)30)23(39-15(6)32)25(41-17)43-20-18(9-35-11(2)28)42-26(44)24(40-16(7)33)22(20)38-14(5)31/h17-26,44H,8-9H2,1-7H3/t17-,18-,19-,20-,21+,22+,23-,24-,25+,26+/m1/s1. The molecular weight excluding hydrogens is 616 g/mol. The molecule has 0 saturated carbocycles. The summed E-state index contributed by atoms with van der Waals surface area (Å²) >= 11 is 4.30. The molecule has 0 amide bonds. The van der Waals surface area contributed by atoms with Gasteiger partial charge in [-0.3, -0.25) is 33.6 Å². The van der Waals surface area contributed by atoms with E-state index in [4.69, 9.17) is 47.4 Å². The minimum absolute atomic E-state index is 0.479. The zero-order valence-corrected chi connectivity index (χ0v) is 26.0. The highest BCUT2D eigenvalue weighted by Gasteiger charge is 2.57. The molecule has 2 aliphatic rings. The van der Waals surface area contributed by atoms with Gasteiger partial charge in [0, 0.05) is 48.5 Å². The maximum Gasteiger partial charge on any atom is 0.303 e. The summed E-state index contributed by atoms with van der Waals surface area (Å²) in [6, 6.07) is 0. The highest BCUT2D eigenvalue weighted by molar-refractivity contribution is 7.80. The summed E-state index contributed by atoms with van der Waals surface area (Å²) in [5.74, 6) is -5.69. The van der Waals surface area contributed by atoms with Gasteiger partial charge in [0.2, 0.25) is 0 Å². The highest BCUT2D eigenvalue weighted by Crippen LogP contribution is 2.35. The summed E-state index contributed by atoms with van der Waals surface area (Å²) in [5.41, 5.74) is -1.21. The van der Waals surface area contributed by atoms with Gasteiger partial charge in [0.05, 0.1) is 0 Å². The number of ether oxygens (including phenoxy) is 10. The van der Waals surface area contributed by atoms with Crippen molar-refractivity contribution in [2.75, 3.05) is 13.2 Å². The summed E-state index contributed by atoms with van der Waals surface area (Å²) < 4.78 is 55.0. The van der Waals surface area contributed by atoms with Crippen LogP contribution in [-0.2, 0) is 80.9 Å². The first kappa shape index (κ1) is 36.7. The Labute approximate surface area is 257 Å². The Morgan fingerprint density at radius 1 is 0.477 bits per heavy atom. The quantitative estimate of drug-likeness (QED) is 0.170. The molecule has 44 heavy (non-hydrogen) atoms. The Balaban J connectivity index is 2.66. The summed E-state index contributed by atoms with van der Waals surface area (Å²) in [7, 11) is 0. The van der Waals surface area contributed by atoms with Crippen LogP contribution in [0.4, 0.5) is 0 Å². The predicted octanol–water partition coefficient (Wildman–Crippen LogP) is -0.464. The van der Waals surface area contributed by atoms with Gasteiger partial charge < -0.3 is 47.4 Å². The first-order valence-corrected chi connectivity index (χ1v) is 13.8. The molecule has 2 fully saturated rings. The molecule has 0 aromatic heterocycles. The molecule has 0 N–H and O–H groups in total. The molecule has 2 heterocycles. The summed E-state index contributed by atoms with van der Waals surface area (Å²) in [6.45, 7) is 6.50. The van der Waals surface area contributed by atoms with E-state index in [2.05, 4.69) is 12.6 Å². The number of rotatable bonds is 11. The van der Waals surface area contributed by atoms with E-state index in [1.54, 1.807) is 0 Å². The number of hydrogen-bond acceptors (Lipinski definition) is 18. The van der Waals surface area contributed by atoms with E-state index < -0.39 is 116 Å². The molecular formula is C26H36O17S. The average molecular weight is 653 g/mol. The van der Waals surface area contributed by atoms with Crippen LogP contribution in [-0.4, -0.2) is 116 Å². The van der Waals surface area contributed by atoms with Crippen LogP contribution >= 0.6 is 12.6 Å². The third-order valence-corrected chi connectivity index (χ3v) is 6.32. The van der Waals surface area contributed by atoms with Crippen LogP contribution in [0.15, 0.2) is 0 Å². The smallest absolute Gasteiger partial charge is 0.303 e. The monoisotopic (exact) mass is 652 g/mol. The fraction of sp³-hybridized carbons (Fsp3) is 0.731. The van der Waals surface area contributed by atoms with Crippen molar-refractivity contribution in [2.24, 2.45) is 0 Å². The van der Waals surface area contributed by atoms with Gasteiger partial charge in [-0.15, -0.1) is 12.6 Å². The molecule has 0 unspecified atom stereocenters. The molecule has 248 valence electrons. The van der Waals surface area contributed by atoms with Gasteiger partial charge in [-0.1, -0.05) is 0 Å². The minimum atomic E-state index is -1.74. The second kappa shape index (κ2) is 16.6. The molecule has 2 rings (SSSR count). The fourth-order valence-electron chi connectivity index (χ4n) is 4.49. The van der Waals surface area contributed by atoms with Gasteiger partial charge in [0.1, 0.15) is 37.0 Å². The zero-order chi connectivity index (χ0) is 33.3. The number of esters is 7. The van der Waals surface area contributed by atoms with Crippen LogP contribution in [0, 0.1) is 0 Å². The third kappa shape index (κ3) is 10.9. The van der Waals surface area contributed by atoms with Crippen LogP contribution in [0.2, 0.25) is 0 Å². The largest absolute Gasteiger partial charge is 0.463 e. The van der Waals surface area contributed by atoms with Crippen molar-refractivity contribution >= 4 is 54.4 Å². The van der Waals surface area contributed by atoms with Crippen LogP contribution in [0.1, 0.15) is 48.5 Å². The van der Waals surface area contributed by atoms with Crippen molar-refractivity contribution in [1.29, 1.82) is 0 Å². The van der Waals surface area contributed by atoms with Crippen molar-refractivity contribution in [3.8, 4) is 0 Å². The molecule has 0 spiro atoms. The molecule has 18 heteroatoms. The van der Waals surface area contributed by atoms with E-state index in [0.29, 0.717) is 0 Å². The van der Waals surface area contributed by atoms with Crippen LogP contribution in [0.3, 0.4) is 0 Å². The zero-order valence-electron chi connectivity index (χ0n) is 25.1. The maximum absolute atomic E-state index is 12.2. The molecule has 0 aromatic rings. The minimum Gasteiger partial charge on any atom is -0.463 e. The average Bonchev–Trinajstić information content (AvgIpc) is 2.87. The number of carbonyl (C=O) groups is 7. The van der Waals surface area contributed by atoms with E-state index in [9.17, 15) is 33.6 Å². The normalized spacial score (nSPS) is 31.5. The Bertz CT molecular complexity index is 1090. The lowest BCUT2D eigenvalue weighted by Gasteiger charge is -2.48. The molecule has 0 bridgehead atoms. The van der Waals surface area contributed by atoms with Crippen LogP contribution in [0.25, 0.3) is 0 Å². The maximum atomic E-state index is 12.2. The van der Waals surface area contributed by atoms with Crippen LogP contribution in [0.5, 0.6) is 0 Å². The molecule has 0 radical (unpaired) electrons. The van der Waals surface area contributed by atoms with Gasteiger partial charge in [0.25, 0.3) is 0 Å². The molecule has 17 nitrogen and oxygen atoms in total. The topological polar surface area (TPSA) is 212 Å². The van der Waals surface area contributed by atoms with Gasteiger partial charge in [-0.25, -0.2) is 0 Å². The molecule has 2 aliphatic heterocycles. The molecule has 2 saturated heterocycles. The van der Waals surface area contributed by atoms with Crippen molar-refractivity contribution in [1.82, 2.24) is 0 Å². The van der Waals surface area contributed by atoms with E-state index in [0.717, 1.165) is 48.5 Å². The summed E-state index contributed by atoms with van der Waals surface area (Å²) in [5, 5.41) is 0. The van der Waals surface area contributed by atoms with Crippen molar-refractivity contribution in [3.63, 3.8) is 0 Å². The molecule has 0 aliphatic carbocycles.